The number of thioether (sulfide) groups is 1. The number of likely N-dealkylation sites (tertiary alicyclic amines) is 1. The van der Waals surface area contributed by atoms with E-state index in [1.807, 2.05) is 23.2 Å². The van der Waals surface area contributed by atoms with E-state index in [0.717, 1.165) is 36.8 Å². The van der Waals surface area contributed by atoms with Crippen molar-refractivity contribution in [2.24, 2.45) is 0 Å². The van der Waals surface area contributed by atoms with Crippen LogP contribution < -0.4 is 0 Å². The van der Waals surface area contributed by atoms with Crippen molar-refractivity contribution in [2.45, 2.75) is 17.9 Å². The van der Waals surface area contributed by atoms with Gasteiger partial charge in [-0.25, -0.2) is 4.98 Å². The number of nitrogens with zero attached hydrogens (tertiary/aromatic N) is 5. The first-order chi connectivity index (χ1) is 9.83. The molecule has 1 saturated heterocycles. The summed E-state index contributed by atoms with van der Waals surface area (Å²) in [4.78, 5) is 17.8. The minimum absolute atomic E-state index is 0.188. The summed E-state index contributed by atoms with van der Waals surface area (Å²) in [5, 5.41) is 9.02. The summed E-state index contributed by atoms with van der Waals surface area (Å²) in [5.74, 6) is 1.34. The topological polar surface area (TPSA) is 63.9 Å². The van der Waals surface area contributed by atoms with E-state index in [0.29, 0.717) is 5.75 Å². The number of hydrogen-bond acceptors (Lipinski definition) is 5. The molecule has 0 atom stereocenters. The van der Waals surface area contributed by atoms with Gasteiger partial charge in [-0.2, -0.15) is 0 Å². The Kier molecular flexibility index (Phi) is 3.96. The highest BCUT2D eigenvalue weighted by molar-refractivity contribution is 7.99. The maximum Gasteiger partial charge on any atom is 0.232 e. The molecule has 0 unspecified atom stereocenters. The van der Waals surface area contributed by atoms with Crippen LogP contribution in [0.1, 0.15) is 12.8 Å². The van der Waals surface area contributed by atoms with Crippen LogP contribution in [-0.4, -0.2) is 49.4 Å². The molecule has 0 saturated carbocycles. The second-order valence-corrected chi connectivity index (χ2v) is 5.57. The normalized spacial score (nSPS) is 14.7. The van der Waals surface area contributed by atoms with Crippen LogP contribution in [0, 0.1) is 0 Å². The van der Waals surface area contributed by atoms with Gasteiger partial charge in [-0.15, -0.1) is 10.2 Å². The van der Waals surface area contributed by atoms with Crippen LogP contribution >= 0.6 is 11.8 Å². The van der Waals surface area contributed by atoms with Crippen LogP contribution in [0.5, 0.6) is 0 Å². The molecule has 1 aliphatic rings. The molecule has 1 amide bonds. The van der Waals surface area contributed by atoms with E-state index >= 15 is 0 Å². The number of carbonyl (C=O) groups is 1. The SMILES string of the molecule is O=C(CSc1ccc(-n2ccnc2)nn1)N1CCCC1. The van der Waals surface area contributed by atoms with Crippen molar-refractivity contribution in [3.05, 3.63) is 30.9 Å². The predicted molar refractivity (Wildman–Crippen MR) is 75.7 cm³/mol. The van der Waals surface area contributed by atoms with Gasteiger partial charge in [-0.05, 0) is 25.0 Å². The number of amides is 1. The molecular weight excluding hydrogens is 274 g/mol. The lowest BCUT2D eigenvalue weighted by molar-refractivity contribution is -0.127. The van der Waals surface area contributed by atoms with Gasteiger partial charge in [0.15, 0.2) is 5.82 Å². The maximum absolute atomic E-state index is 11.9. The van der Waals surface area contributed by atoms with E-state index in [1.165, 1.54) is 11.8 Å². The molecule has 0 spiro atoms. The van der Waals surface area contributed by atoms with Crippen LogP contribution in [0.3, 0.4) is 0 Å². The lowest BCUT2D eigenvalue weighted by Crippen LogP contribution is -2.29. The van der Waals surface area contributed by atoms with Gasteiger partial charge in [-0.1, -0.05) is 11.8 Å². The van der Waals surface area contributed by atoms with E-state index in [4.69, 9.17) is 0 Å². The van der Waals surface area contributed by atoms with E-state index in [2.05, 4.69) is 15.2 Å². The fraction of sp³-hybridized carbons (Fsp3) is 0.385. The fourth-order valence-electron chi connectivity index (χ4n) is 2.12. The van der Waals surface area contributed by atoms with Crippen LogP contribution in [0.15, 0.2) is 35.9 Å². The Morgan fingerprint density at radius 3 is 2.75 bits per heavy atom. The Hall–Kier alpha value is -1.89. The molecule has 0 radical (unpaired) electrons. The van der Waals surface area contributed by atoms with Gasteiger partial charge in [0.05, 0.1) is 5.75 Å². The highest BCUT2D eigenvalue weighted by Gasteiger charge is 2.17. The van der Waals surface area contributed by atoms with Crippen molar-refractivity contribution < 1.29 is 4.79 Å². The van der Waals surface area contributed by atoms with Gasteiger partial charge in [0.25, 0.3) is 0 Å². The van der Waals surface area contributed by atoms with E-state index in [1.54, 1.807) is 17.1 Å². The summed E-state index contributed by atoms with van der Waals surface area (Å²) in [6.45, 7) is 1.79. The molecule has 0 aromatic carbocycles. The molecule has 3 heterocycles. The Bertz CT molecular complexity index is 563. The zero-order valence-electron chi connectivity index (χ0n) is 11.0. The third-order valence-electron chi connectivity index (χ3n) is 3.20. The van der Waals surface area contributed by atoms with Crippen molar-refractivity contribution in [3.63, 3.8) is 0 Å². The van der Waals surface area contributed by atoms with Crippen LogP contribution in [0.25, 0.3) is 5.82 Å². The van der Waals surface area contributed by atoms with Gasteiger partial charge in [0.1, 0.15) is 11.4 Å². The molecule has 1 aliphatic heterocycles. The third-order valence-corrected chi connectivity index (χ3v) is 4.10. The third kappa shape index (κ3) is 2.98. The van der Waals surface area contributed by atoms with Crippen molar-refractivity contribution in [1.29, 1.82) is 0 Å². The molecule has 7 heteroatoms. The molecule has 0 N–H and O–H groups in total. The summed E-state index contributed by atoms with van der Waals surface area (Å²) < 4.78 is 1.79. The second-order valence-electron chi connectivity index (χ2n) is 4.58. The number of imidazole rings is 1. The van der Waals surface area contributed by atoms with Crippen LogP contribution in [-0.2, 0) is 4.79 Å². The minimum atomic E-state index is 0.188. The monoisotopic (exact) mass is 289 g/mol. The summed E-state index contributed by atoms with van der Waals surface area (Å²) in [7, 11) is 0. The van der Waals surface area contributed by atoms with E-state index in [-0.39, 0.29) is 5.91 Å². The Balaban J connectivity index is 1.57. The number of aromatic nitrogens is 4. The van der Waals surface area contributed by atoms with E-state index in [9.17, 15) is 4.79 Å². The molecule has 104 valence electrons. The molecule has 0 bridgehead atoms. The smallest absolute Gasteiger partial charge is 0.232 e. The average Bonchev–Trinajstić information content (AvgIpc) is 3.18. The first-order valence-corrected chi connectivity index (χ1v) is 7.54. The second kappa shape index (κ2) is 6.04. The fourth-order valence-corrected chi connectivity index (χ4v) is 2.83. The number of carbonyl (C=O) groups excluding carboxylic acids is 1. The van der Waals surface area contributed by atoms with Crippen LogP contribution in [0.2, 0.25) is 0 Å². The van der Waals surface area contributed by atoms with Crippen molar-refractivity contribution in [1.82, 2.24) is 24.6 Å². The minimum Gasteiger partial charge on any atom is -0.342 e. The summed E-state index contributed by atoms with van der Waals surface area (Å²) in [5.41, 5.74) is 0. The van der Waals surface area contributed by atoms with E-state index < -0.39 is 0 Å². The van der Waals surface area contributed by atoms with Gasteiger partial charge >= 0.3 is 0 Å². The molecular formula is C13H15N5OS. The zero-order chi connectivity index (χ0) is 13.8. The van der Waals surface area contributed by atoms with Crippen molar-refractivity contribution in [3.8, 4) is 5.82 Å². The first-order valence-electron chi connectivity index (χ1n) is 6.55. The molecule has 6 nitrogen and oxygen atoms in total. The van der Waals surface area contributed by atoms with Gasteiger partial charge in [0, 0.05) is 25.5 Å². The zero-order valence-corrected chi connectivity index (χ0v) is 11.8. The van der Waals surface area contributed by atoms with Gasteiger partial charge in [-0.3, -0.25) is 9.36 Å². The maximum atomic E-state index is 11.9. The number of rotatable bonds is 4. The average molecular weight is 289 g/mol. The largest absolute Gasteiger partial charge is 0.342 e. The summed E-state index contributed by atoms with van der Waals surface area (Å²) in [6, 6.07) is 3.75. The molecule has 20 heavy (non-hydrogen) atoms. The Labute approximate surface area is 121 Å². The standard InChI is InChI=1S/C13H15N5OS/c19-13(17-6-1-2-7-17)9-20-12-4-3-11(15-16-12)18-8-5-14-10-18/h3-5,8,10H,1-2,6-7,9H2. The van der Waals surface area contributed by atoms with Crippen molar-refractivity contribution in [2.75, 3.05) is 18.8 Å². The number of hydrogen-bond donors (Lipinski definition) is 0. The Morgan fingerprint density at radius 2 is 2.10 bits per heavy atom. The van der Waals surface area contributed by atoms with Gasteiger partial charge < -0.3 is 4.90 Å². The predicted octanol–water partition coefficient (Wildman–Crippen LogP) is 1.38. The molecule has 2 aromatic rings. The van der Waals surface area contributed by atoms with Crippen LogP contribution in [0.4, 0.5) is 0 Å². The molecule has 1 fully saturated rings. The quantitative estimate of drug-likeness (QED) is 0.796. The highest BCUT2D eigenvalue weighted by Crippen LogP contribution is 2.17. The summed E-state index contributed by atoms with van der Waals surface area (Å²) in [6.07, 6.45) is 7.42. The molecule has 3 rings (SSSR count). The summed E-state index contributed by atoms with van der Waals surface area (Å²) >= 11 is 1.43. The van der Waals surface area contributed by atoms with Gasteiger partial charge in [0.2, 0.25) is 5.91 Å². The molecule has 0 aliphatic carbocycles. The lowest BCUT2D eigenvalue weighted by atomic mass is 10.4. The Morgan fingerprint density at radius 1 is 1.25 bits per heavy atom. The first kappa shape index (κ1) is 13.1. The molecule has 2 aromatic heterocycles. The van der Waals surface area contributed by atoms with Crippen molar-refractivity contribution >= 4 is 17.7 Å². The lowest BCUT2D eigenvalue weighted by Gasteiger charge is -2.14. The highest BCUT2D eigenvalue weighted by atomic mass is 32.2.